The van der Waals surface area contributed by atoms with Crippen LogP contribution < -0.4 is 36.2 Å². The number of para-hydroxylation sites is 14. The van der Waals surface area contributed by atoms with Crippen LogP contribution in [0.1, 0.15) is 0 Å². The molecule has 1 aliphatic rings. The van der Waals surface area contributed by atoms with Crippen molar-refractivity contribution >= 4 is 30.6 Å². The molecule has 0 radical (unpaired) electrons. The first-order chi connectivity index (χ1) is 33.9. The molecule has 0 saturated carbocycles. The second-order valence-corrected chi connectivity index (χ2v) is 22.7. The van der Waals surface area contributed by atoms with Crippen molar-refractivity contribution in [2.24, 2.45) is 18.1 Å². The van der Waals surface area contributed by atoms with Gasteiger partial charge in [0.25, 0.3) is 0 Å². The van der Waals surface area contributed by atoms with E-state index in [0.717, 1.165) is 0 Å². The molecule has 18 nitrogen and oxygen atoms in total. The van der Waals surface area contributed by atoms with Crippen LogP contribution in [0.15, 0.2) is 224 Å². The first-order valence-electron chi connectivity index (χ1n) is 20.8. The second-order valence-electron chi connectivity index (χ2n) is 14.5. The molecule has 0 saturated heterocycles. The quantitative estimate of drug-likeness (QED) is 0.0493. The number of rotatable bonds is 16. The van der Waals surface area contributed by atoms with Crippen LogP contribution in [0.4, 0.5) is 0 Å². The highest BCUT2D eigenvalue weighted by atomic mass is 31.3. The lowest BCUT2D eigenvalue weighted by molar-refractivity contribution is 0.392. The van der Waals surface area contributed by atoms with Crippen molar-refractivity contribution in [1.82, 2.24) is 0 Å². The summed E-state index contributed by atoms with van der Waals surface area (Å²) < 4.78 is 75.1. The van der Waals surface area contributed by atoms with Gasteiger partial charge in [-0.3, -0.25) is 0 Å². The lowest BCUT2D eigenvalue weighted by Crippen LogP contribution is -2.11. The molecule has 8 aromatic carbocycles. The summed E-state index contributed by atoms with van der Waals surface area (Å²) in [6.07, 6.45) is 0. The Kier molecular flexibility index (Phi) is 13.6. The normalized spacial score (nSPS) is 15.0. The van der Waals surface area contributed by atoms with Crippen molar-refractivity contribution in [2.75, 3.05) is 0 Å². The third-order valence-corrected chi connectivity index (χ3v) is 20.1. The summed E-state index contributed by atoms with van der Waals surface area (Å²) in [5.74, 6) is -4.17. The van der Waals surface area contributed by atoms with E-state index in [1.54, 1.807) is 84.9 Å². The molecule has 8 aromatic rings. The Labute approximate surface area is 400 Å². The Balaban J connectivity index is 1.53. The molecule has 1 aliphatic heterocycles. The zero-order valence-electron chi connectivity index (χ0n) is 36.2. The molecule has 356 valence electrons. The van der Waals surface area contributed by atoms with Crippen LogP contribution in [0.2, 0.25) is 0 Å². The third-order valence-electron chi connectivity index (χ3n) is 9.33. The van der Waals surface area contributed by atoms with Gasteiger partial charge in [0.05, 0.1) is 0 Å². The van der Waals surface area contributed by atoms with Crippen LogP contribution in [-0.2, 0) is 0 Å². The van der Waals surface area contributed by atoms with Crippen LogP contribution in [0, 0.1) is 0 Å². The number of hydrogen-bond donors (Lipinski definition) is 6. The zero-order chi connectivity index (χ0) is 48.6. The summed E-state index contributed by atoms with van der Waals surface area (Å²) in [7, 11) is -20.0. The highest BCUT2D eigenvalue weighted by molar-refractivity contribution is 7.79. The van der Waals surface area contributed by atoms with Gasteiger partial charge in [-0.15, -0.1) is 0 Å². The van der Waals surface area contributed by atoms with Crippen LogP contribution >= 0.6 is 30.6 Å². The minimum absolute atomic E-state index is 0.100. The van der Waals surface area contributed by atoms with Gasteiger partial charge in [0.1, 0.15) is 11.5 Å². The lowest BCUT2D eigenvalue weighted by atomic mass is 10.3. The highest BCUT2D eigenvalue weighted by Gasteiger charge is 2.50. The standard InChI is InChI=1S/C48H40N4O14P4/c53-37-23-7-13-29-43(37)61-68(62-44-30-14-8-24-38(44)54)49-67(59-35-19-3-1-4-20-35,60-36-21-5-2-6-22-36)50-69(63-45-31-15-9-25-39(45)55,64-46-32-16-10-26-40(46)56)52-70(51-68,65-47-33-17-11-27-41(47)57)66-48-34-18-12-28-42(48)58/h1-34,53-58H. The molecular weight excluding hydrogens is 980 g/mol. The van der Waals surface area contributed by atoms with Gasteiger partial charge in [0.2, 0.25) is 0 Å². The van der Waals surface area contributed by atoms with Crippen LogP contribution in [0.25, 0.3) is 0 Å². The van der Waals surface area contributed by atoms with E-state index in [2.05, 4.69) is 0 Å². The van der Waals surface area contributed by atoms with Gasteiger partial charge in [0, 0.05) is 0 Å². The van der Waals surface area contributed by atoms with E-state index in [1.165, 1.54) is 121 Å². The molecule has 0 aliphatic carbocycles. The fourth-order valence-corrected chi connectivity index (χ4v) is 18.4. The van der Waals surface area contributed by atoms with Crippen LogP contribution in [-0.4, -0.2) is 30.6 Å². The molecule has 0 aromatic heterocycles. The number of aromatic hydroxyl groups is 6. The summed E-state index contributed by atoms with van der Waals surface area (Å²) >= 11 is 0. The van der Waals surface area contributed by atoms with Gasteiger partial charge in [0.15, 0.2) is 69.0 Å². The Morgan fingerprint density at radius 2 is 0.386 bits per heavy atom. The maximum absolute atomic E-state index is 11.4. The Hall–Kier alpha value is -8.12. The third kappa shape index (κ3) is 10.9. The lowest BCUT2D eigenvalue weighted by Gasteiger charge is -2.33. The molecule has 6 N–H and O–H groups in total. The molecule has 0 unspecified atom stereocenters. The topological polar surface area (TPSA) is 245 Å². The first kappa shape index (κ1) is 47.0. The molecule has 0 spiro atoms. The summed E-state index contributed by atoms with van der Waals surface area (Å²) in [4.78, 5) is 0. The van der Waals surface area contributed by atoms with Crippen molar-refractivity contribution < 1.29 is 66.8 Å². The van der Waals surface area contributed by atoms with Crippen molar-refractivity contribution in [1.29, 1.82) is 0 Å². The molecule has 0 bridgehead atoms. The fraction of sp³-hybridized carbons (Fsp3) is 0. The van der Waals surface area contributed by atoms with E-state index in [-0.39, 0.29) is 46.0 Å². The summed E-state index contributed by atoms with van der Waals surface area (Å²) in [5.41, 5.74) is 0. The monoisotopic (exact) mass is 1020 g/mol. The van der Waals surface area contributed by atoms with E-state index >= 15 is 0 Å². The Bertz CT molecular complexity index is 3110. The van der Waals surface area contributed by atoms with Gasteiger partial charge in [-0.2, -0.15) is 0 Å². The SMILES string of the molecule is Oc1ccccc1OP1(Oc2ccccc2O)=NP(Oc2ccccc2)(Oc2ccccc2)=NP(Oc2ccccc2O)(Oc2ccccc2O)=NP(Oc2ccccc2O)(Oc2ccccc2O)=N1. The maximum Gasteiger partial charge on any atom is 0.461 e. The van der Waals surface area contributed by atoms with E-state index in [4.69, 9.17) is 54.3 Å². The fourth-order valence-electron chi connectivity index (χ4n) is 6.22. The predicted octanol–water partition coefficient (Wildman–Crippen LogP) is 14.7. The van der Waals surface area contributed by atoms with Gasteiger partial charge in [-0.05, 0) is 97.1 Å². The van der Waals surface area contributed by atoms with Crippen molar-refractivity contribution in [3.05, 3.63) is 206 Å². The number of benzene rings is 8. The van der Waals surface area contributed by atoms with Crippen LogP contribution in [0.3, 0.4) is 0 Å². The molecule has 22 heteroatoms. The highest BCUT2D eigenvalue weighted by Crippen LogP contribution is 2.80. The van der Waals surface area contributed by atoms with Crippen molar-refractivity contribution in [3.8, 4) is 80.5 Å². The number of phenols is 6. The van der Waals surface area contributed by atoms with Gasteiger partial charge in [-0.1, -0.05) is 127 Å². The average molecular weight is 1020 g/mol. The number of phenolic OH excluding ortho intramolecular Hbond substituents is 6. The molecule has 1 heterocycles. The van der Waals surface area contributed by atoms with E-state index in [1.807, 2.05) is 0 Å². The second kappa shape index (κ2) is 20.2. The van der Waals surface area contributed by atoms with E-state index in [9.17, 15) is 30.6 Å². The van der Waals surface area contributed by atoms with E-state index in [0.29, 0.717) is 0 Å². The number of hydrogen-bond acceptors (Lipinski definition) is 18. The minimum Gasteiger partial charge on any atom is -0.504 e. The smallest absolute Gasteiger partial charge is 0.461 e. The van der Waals surface area contributed by atoms with E-state index < -0.39 is 65.1 Å². The largest absolute Gasteiger partial charge is 0.504 e. The molecular formula is C48H40N4O14P4. The first-order valence-corrected chi connectivity index (χ1v) is 26.9. The minimum atomic E-state index is -5.11. The number of nitrogens with zero attached hydrogens (tertiary/aromatic N) is 4. The van der Waals surface area contributed by atoms with Crippen molar-refractivity contribution in [2.45, 2.75) is 0 Å². The molecule has 0 amide bonds. The maximum atomic E-state index is 11.4. The summed E-state index contributed by atoms with van der Waals surface area (Å²) in [6, 6.07) is 51.1. The van der Waals surface area contributed by atoms with Gasteiger partial charge < -0.3 is 66.8 Å². The van der Waals surface area contributed by atoms with Crippen LogP contribution in [0.5, 0.6) is 80.5 Å². The molecule has 9 rings (SSSR count). The summed E-state index contributed by atoms with van der Waals surface area (Å²) in [5, 5.41) is 68.7. The molecule has 0 fully saturated rings. The van der Waals surface area contributed by atoms with Gasteiger partial charge >= 0.3 is 30.6 Å². The predicted molar refractivity (Wildman–Crippen MR) is 264 cm³/mol. The van der Waals surface area contributed by atoms with Crippen molar-refractivity contribution in [3.63, 3.8) is 0 Å². The Morgan fingerprint density at radius 3 is 0.586 bits per heavy atom. The average Bonchev–Trinajstić information content (AvgIpc) is 3.34. The summed E-state index contributed by atoms with van der Waals surface area (Å²) in [6.45, 7) is 0. The Morgan fingerprint density at radius 1 is 0.214 bits per heavy atom. The molecule has 70 heavy (non-hydrogen) atoms. The van der Waals surface area contributed by atoms with Gasteiger partial charge in [-0.25, -0.2) is 0 Å². The molecule has 0 atom stereocenters. The zero-order valence-corrected chi connectivity index (χ0v) is 39.7.